The van der Waals surface area contributed by atoms with Gasteiger partial charge in [-0.15, -0.1) is 10.2 Å². The summed E-state index contributed by atoms with van der Waals surface area (Å²) in [7, 11) is 1.84. The Morgan fingerprint density at radius 2 is 2.00 bits per heavy atom. The topological polar surface area (TPSA) is 83.4 Å². The lowest BCUT2D eigenvalue weighted by Gasteiger charge is -2.41. The quantitative estimate of drug-likeness (QED) is 0.430. The Morgan fingerprint density at radius 1 is 1.21 bits per heavy atom. The van der Waals surface area contributed by atoms with Gasteiger partial charge in [0.15, 0.2) is 6.29 Å². The van der Waals surface area contributed by atoms with Gasteiger partial charge >= 0.3 is 11.9 Å². The summed E-state index contributed by atoms with van der Waals surface area (Å²) in [6, 6.07) is 7.80. The van der Waals surface area contributed by atoms with E-state index in [1.807, 2.05) is 17.7 Å². The lowest BCUT2D eigenvalue weighted by molar-refractivity contribution is -0.136. The number of ether oxygens (including phenoxy) is 1. The van der Waals surface area contributed by atoms with Crippen molar-refractivity contribution in [2.45, 2.75) is 18.0 Å². The number of carbonyl (C=O) groups is 1. The molecule has 0 radical (unpaired) electrons. The van der Waals surface area contributed by atoms with Gasteiger partial charge in [-0.3, -0.25) is 13.8 Å². The summed E-state index contributed by atoms with van der Waals surface area (Å²) in [5, 5.41) is 8.05. The van der Waals surface area contributed by atoms with E-state index < -0.39 is 17.4 Å². The zero-order valence-corrected chi connectivity index (χ0v) is 17.4. The average molecular weight is 457 g/mol. The molecule has 3 aromatic heterocycles. The SMILES string of the molecule is Cn1cnnc1CC1(c2cccc(-n3cc4c(C(F)(F)F)cc(C=O)cn4c3=O)c2)COC1. The fourth-order valence-corrected chi connectivity index (χ4v) is 4.16. The summed E-state index contributed by atoms with van der Waals surface area (Å²) < 4.78 is 50.1. The van der Waals surface area contributed by atoms with Gasteiger partial charge in [-0.2, -0.15) is 13.2 Å². The third kappa shape index (κ3) is 3.44. The number of hydrogen-bond acceptors (Lipinski definition) is 5. The zero-order chi connectivity index (χ0) is 23.4. The van der Waals surface area contributed by atoms with E-state index in [0.717, 1.165) is 38.8 Å². The number of benzene rings is 1. The molecule has 0 aliphatic carbocycles. The van der Waals surface area contributed by atoms with Crippen molar-refractivity contribution in [3.8, 4) is 5.69 Å². The summed E-state index contributed by atoms with van der Waals surface area (Å²) >= 11 is 0. The average Bonchev–Trinajstić information content (AvgIpc) is 3.32. The molecule has 0 spiro atoms. The molecule has 1 aliphatic heterocycles. The van der Waals surface area contributed by atoms with Crippen LogP contribution in [0.5, 0.6) is 0 Å². The number of carbonyl (C=O) groups excluding carboxylic acids is 1. The van der Waals surface area contributed by atoms with E-state index in [-0.39, 0.29) is 22.8 Å². The van der Waals surface area contributed by atoms with Crippen LogP contribution < -0.4 is 5.69 Å². The third-order valence-electron chi connectivity index (χ3n) is 6.02. The molecule has 4 aromatic rings. The molecular formula is C22H18F3N5O3. The van der Waals surface area contributed by atoms with Crippen molar-refractivity contribution < 1.29 is 22.7 Å². The molecule has 33 heavy (non-hydrogen) atoms. The van der Waals surface area contributed by atoms with Gasteiger partial charge in [0, 0.05) is 36.8 Å². The molecule has 0 bridgehead atoms. The molecule has 8 nitrogen and oxygen atoms in total. The van der Waals surface area contributed by atoms with Gasteiger partial charge in [0.05, 0.1) is 30.0 Å². The molecule has 1 aliphatic rings. The number of hydrogen-bond donors (Lipinski definition) is 0. The van der Waals surface area contributed by atoms with E-state index in [2.05, 4.69) is 10.2 Å². The highest BCUT2D eigenvalue weighted by Crippen LogP contribution is 2.37. The second kappa shape index (κ2) is 7.41. The van der Waals surface area contributed by atoms with Crippen LogP contribution in [-0.4, -0.2) is 43.2 Å². The van der Waals surface area contributed by atoms with E-state index in [1.54, 1.807) is 24.5 Å². The molecule has 0 atom stereocenters. The lowest BCUT2D eigenvalue weighted by atomic mass is 9.75. The Kier molecular flexibility index (Phi) is 4.74. The second-order valence-electron chi connectivity index (χ2n) is 8.20. The van der Waals surface area contributed by atoms with E-state index >= 15 is 0 Å². The van der Waals surface area contributed by atoms with Crippen LogP contribution in [0.15, 0.2) is 53.8 Å². The van der Waals surface area contributed by atoms with Gasteiger partial charge in [0.25, 0.3) is 0 Å². The summed E-state index contributed by atoms with van der Waals surface area (Å²) in [6.45, 7) is 0.883. The molecule has 0 amide bonds. The third-order valence-corrected chi connectivity index (χ3v) is 6.02. The fraction of sp³-hybridized carbons (Fsp3) is 0.273. The summed E-state index contributed by atoms with van der Waals surface area (Å²) in [5.74, 6) is 0.770. The van der Waals surface area contributed by atoms with E-state index in [4.69, 9.17) is 4.74 Å². The van der Waals surface area contributed by atoms with Gasteiger partial charge in [0.1, 0.15) is 12.2 Å². The minimum absolute atomic E-state index is 0.238. The van der Waals surface area contributed by atoms with Gasteiger partial charge < -0.3 is 9.30 Å². The Morgan fingerprint density at radius 3 is 2.61 bits per heavy atom. The molecule has 5 rings (SSSR count). The van der Waals surface area contributed by atoms with Crippen molar-refractivity contribution in [3.63, 3.8) is 0 Å². The van der Waals surface area contributed by atoms with Gasteiger partial charge in [-0.1, -0.05) is 12.1 Å². The van der Waals surface area contributed by atoms with E-state index in [0.29, 0.717) is 25.3 Å². The molecule has 170 valence electrons. The van der Waals surface area contributed by atoms with Gasteiger partial charge in [0.2, 0.25) is 0 Å². The standard InChI is InChI=1S/C22H18F3N5O3/c1-28-13-26-27-19(28)7-21(11-33-12-21)15-3-2-4-16(6-15)29-9-18-17(22(23,24)25)5-14(10-31)8-30(18)20(29)32/h2-6,8-10,13H,7,11-12H2,1H3. The minimum Gasteiger partial charge on any atom is -0.379 e. The molecule has 0 unspecified atom stereocenters. The number of nitrogens with zero attached hydrogens (tertiary/aromatic N) is 5. The van der Waals surface area contributed by atoms with Crippen LogP contribution in [0.1, 0.15) is 27.3 Å². The molecule has 1 fully saturated rings. The Balaban J connectivity index is 1.63. The van der Waals surface area contributed by atoms with E-state index in [9.17, 15) is 22.8 Å². The van der Waals surface area contributed by atoms with Crippen LogP contribution >= 0.6 is 0 Å². The van der Waals surface area contributed by atoms with Crippen molar-refractivity contribution in [3.05, 3.63) is 82.1 Å². The number of fused-ring (bicyclic) bond motifs is 1. The van der Waals surface area contributed by atoms with Gasteiger partial charge in [-0.25, -0.2) is 4.79 Å². The normalized spacial score (nSPS) is 15.5. The summed E-state index contributed by atoms with van der Waals surface area (Å²) in [6.07, 6.45) is -0.0290. The molecule has 0 N–H and O–H groups in total. The van der Waals surface area contributed by atoms with Crippen LogP contribution in [-0.2, 0) is 29.8 Å². The molecule has 0 saturated carbocycles. The lowest BCUT2D eigenvalue weighted by Crippen LogP contribution is -2.49. The maximum atomic E-state index is 13.6. The summed E-state index contributed by atoms with van der Waals surface area (Å²) in [4.78, 5) is 24.2. The van der Waals surface area contributed by atoms with Crippen LogP contribution in [0.3, 0.4) is 0 Å². The number of rotatable bonds is 5. The number of aryl methyl sites for hydroxylation is 1. The summed E-state index contributed by atoms with van der Waals surface area (Å²) in [5.41, 5.74) is -1.43. The van der Waals surface area contributed by atoms with Crippen molar-refractivity contribution >= 4 is 11.8 Å². The Labute approximate surface area is 184 Å². The maximum Gasteiger partial charge on any atom is 0.418 e. The predicted molar refractivity (Wildman–Crippen MR) is 111 cm³/mol. The van der Waals surface area contributed by atoms with Crippen LogP contribution in [0.4, 0.5) is 13.2 Å². The first-order valence-electron chi connectivity index (χ1n) is 10.0. The largest absolute Gasteiger partial charge is 0.418 e. The highest BCUT2D eigenvalue weighted by atomic mass is 19.4. The highest BCUT2D eigenvalue weighted by molar-refractivity contribution is 5.76. The second-order valence-corrected chi connectivity index (χ2v) is 8.20. The zero-order valence-electron chi connectivity index (χ0n) is 17.4. The minimum atomic E-state index is -4.73. The number of aldehydes is 1. The first-order chi connectivity index (χ1) is 15.7. The molecule has 4 heterocycles. The molecular weight excluding hydrogens is 439 g/mol. The first-order valence-corrected chi connectivity index (χ1v) is 10.0. The monoisotopic (exact) mass is 457 g/mol. The van der Waals surface area contributed by atoms with Crippen LogP contribution in [0.25, 0.3) is 11.2 Å². The van der Waals surface area contributed by atoms with Gasteiger partial charge in [-0.05, 0) is 23.8 Å². The molecule has 1 aromatic carbocycles. The van der Waals surface area contributed by atoms with Crippen molar-refractivity contribution in [2.24, 2.45) is 7.05 Å². The number of halogens is 3. The Bertz CT molecular complexity index is 1430. The molecule has 11 heteroatoms. The number of imidazole rings is 1. The number of alkyl halides is 3. The smallest absolute Gasteiger partial charge is 0.379 e. The first kappa shape index (κ1) is 21.1. The van der Waals surface area contributed by atoms with Crippen molar-refractivity contribution in [1.29, 1.82) is 0 Å². The fourth-order valence-electron chi connectivity index (χ4n) is 4.16. The predicted octanol–water partition coefficient (Wildman–Crippen LogP) is 2.56. The van der Waals surface area contributed by atoms with Crippen molar-refractivity contribution in [2.75, 3.05) is 13.2 Å². The number of pyridine rings is 1. The van der Waals surface area contributed by atoms with E-state index in [1.165, 1.54) is 0 Å². The van der Waals surface area contributed by atoms with Crippen molar-refractivity contribution in [1.82, 2.24) is 23.7 Å². The van der Waals surface area contributed by atoms with Crippen LogP contribution in [0.2, 0.25) is 0 Å². The highest BCUT2D eigenvalue weighted by Gasteiger charge is 2.42. The van der Waals surface area contributed by atoms with Crippen LogP contribution in [0, 0.1) is 0 Å². The molecule has 1 saturated heterocycles. The Hall–Kier alpha value is -3.73. The maximum absolute atomic E-state index is 13.6. The number of aromatic nitrogens is 5.